The van der Waals surface area contributed by atoms with Gasteiger partial charge in [0.2, 0.25) is 0 Å². The fraction of sp³-hybridized carbons (Fsp3) is 0.500. The molecule has 0 saturated heterocycles. The minimum absolute atomic E-state index is 0.212. The minimum Gasteiger partial charge on any atom is -0.251 e. The summed E-state index contributed by atoms with van der Waals surface area (Å²) in [6, 6.07) is 4.42. The maximum Gasteiger partial charge on any atom is 0.113 e. The SMILES string of the molecule is Cc1cc(C)c(-c2cn(CC(C)(C)C)nn2)cc1C. The average Bonchev–Trinajstić information content (AvgIpc) is 2.69. The third-order valence-electron chi connectivity index (χ3n) is 3.29. The van der Waals surface area contributed by atoms with Crippen molar-refractivity contribution in [1.29, 1.82) is 0 Å². The summed E-state index contributed by atoms with van der Waals surface area (Å²) in [7, 11) is 0. The van der Waals surface area contributed by atoms with Crippen LogP contribution in [0.3, 0.4) is 0 Å². The number of hydrogen-bond donors (Lipinski definition) is 0. The van der Waals surface area contributed by atoms with Gasteiger partial charge in [-0.1, -0.05) is 32.1 Å². The van der Waals surface area contributed by atoms with Gasteiger partial charge in [0.15, 0.2) is 0 Å². The summed E-state index contributed by atoms with van der Waals surface area (Å²) < 4.78 is 1.93. The van der Waals surface area contributed by atoms with Crippen LogP contribution in [-0.2, 0) is 6.54 Å². The number of aryl methyl sites for hydroxylation is 3. The van der Waals surface area contributed by atoms with Crippen molar-refractivity contribution in [2.45, 2.75) is 48.1 Å². The molecule has 2 rings (SSSR count). The topological polar surface area (TPSA) is 30.7 Å². The molecule has 1 aromatic heterocycles. The quantitative estimate of drug-likeness (QED) is 0.816. The highest BCUT2D eigenvalue weighted by molar-refractivity contribution is 5.64. The van der Waals surface area contributed by atoms with Crippen LogP contribution in [0.15, 0.2) is 18.3 Å². The van der Waals surface area contributed by atoms with Gasteiger partial charge in [0, 0.05) is 12.1 Å². The molecule has 0 N–H and O–H groups in total. The van der Waals surface area contributed by atoms with Crippen LogP contribution < -0.4 is 0 Å². The third-order valence-corrected chi connectivity index (χ3v) is 3.29. The predicted octanol–water partition coefficient (Wildman–Crippen LogP) is 3.92. The Labute approximate surface area is 115 Å². The fourth-order valence-corrected chi connectivity index (χ4v) is 2.22. The average molecular weight is 257 g/mol. The van der Waals surface area contributed by atoms with E-state index in [1.165, 1.54) is 22.3 Å². The van der Waals surface area contributed by atoms with E-state index in [2.05, 4.69) is 64.0 Å². The Morgan fingerprint density at radius 2 is 1.63 bits per heavy atom. The summed E-state index contributed by atoms with van der Waals surface area (Å²) >= 11 is 0. The minimum atomic E-state index is 0.212. The zero-order valence-electron chi connectivity index (χ0n) is 12.8. The second-order valence-electron chi connectivity index (χ2n) is 6.61. The second-order valence-corrected chi connectivity index (χ2v) is 6.61. The molecule has 3 nitrogen and oxygen atoms in total. The number of hydrogen-bond acceptors (Lipinski definition) is 2. The van der Waals surface area contributed by atoms with Crippen molar-refractivity contribution in [2.75, 3.05) is 0 Å². The van der Waals surface area contributed by atoms with Crippen LogP contribution in [-0.4, -0.2) is 15.0 Å². The first-order chi connectivity index (χ1) is 8.76. The third kappa shape index (κ3) is 3.22. The molecular weight excluding hydrogens is 234 g/mol. The standard InChI is InChI=1S/C16H23N3/c1-11-7-13(3)14(8-12(11)2)15-9-19(18-17-15)10-16(4,5)6/h7-9H,10H2,1-6H3. The van der Waals surface area contributed by atoms with Crippen LogP contribution in [0, 0.1) is 26.2 Å². The second kappa shape index (κ2) is 4.80. The highest BCUT2D eigenvalue weighted by Crippen LogP contribution is 2.25. The summed E-state index contributed by atoms with van der Waals surface area (Å²) in [4.78, 5) is 0. The van der Waals surface area contributed by atoms with Crippen LogP contribution in [0.5, 0.6) is 0 Å². The Morgan fingerprint density at radius 1 is 1.00 bits per heavy atom. The first kappa shape index (κ1) is 13.8. The van der Waals surface area contributed by atoms with Crippen LogP contribution in [0.1, 0.15) is 37.5 Å². The first-order valence-corrected chi connectivity index (χ1v) is 6.74. The molecule has 0 radical (unpaired) electrons. The Kier molecular flexibility index (Phi) is 3.48. The normalized spacial score (nSPS) is 11.9. The molecular formula is C16H23N3. The van der Waals surface area contributed by atoms with E-state index in [0.717, 1.165) is 12.2 Å². The van der Waals surface area contributed by atoms with Gasteiger partial charge in [-0.25, -0.2) is 0 Å². The maximum absolute atomic E-state index is 4.32. The van der Waals surface area contributed by atoms with Crippen LogP contribution >= 0.6 is 0 Å². The Bertz CT molecular complexity index is 589. The van der Waals surface area contributed by atoms with Crippen LogP contribution in [0.2, 0.25) is 0 Å². The number of aromatic nitrogens is 3. The van der Waals surface area contributed by atoms with Gasteiger partial charge < -0.3 is 0 Å². The molecule has 0 aliphatic rings. The van der Waals surface area contributed by atoms with Crippen molar-refractivity contribution in [3.05, 3.63) is 35.0 Å². The van der Waals surface area contributed by atoms with E-state index >= 15 is 0 Å². The molecule has 0 aliphatic heterocycles. The van der Waals surface area contributed by atoms with Gasteiger partial charge >= 0.3 is 0 Å². The van der Waals surface area contributed by atoms with Crippen molar-refractivity contribution in [3.63, 3.8) is 0 Å². The molecule has 0 spiro atoms. The van der Waals surface area contributed by atoms with E-state index in [1.54, 1.807) is 0 Å². The molecule has 0 unspecified atom stereocenters. The number of rotatable bonds is 2. The largest absolute Gasteiger partial charge is 0.251 e. The Morgan fingerprint density at radius 3 is 2.26 bits per heavy atom. The molecule has 1 aromatic carbocycles. The molecule has 1 heterocycles. The first-order valence-electron chi connectivity index (χ1n) is 6.74. The maximum atomic E-state index is 4.32. The molecule has 3 heteroatoms. The summed E-state index contributed by atoms with van der Waals surface area (Å²) in [6.07, 6.45) is 2.04. The van der Waals surface area contributed by atoms with Crippen LogP contribution in [0.4, 0.5) is 0 Å². The number of benzene rings is 1. The molecule has 2 aromatic rings. The zero-order chi connectivity index (χ0) is 14.2. The van der Waals surface area contributed by atoms with E-state index in [1.807, 2.05) is 10.9 Å². The molecule has 0 bridgehead atoms. The van der Waals surface area contributed by atoms with Gasteiger partial charge in [-0.05, 0) is 48.9 Å². The highest BCUT2D eigenvalue weighted by atomic mass is 15.4. The summed E-state index contributed by atoms with van der Waals surface area (Å²) in [6.45, 7) is 13.9. The van der Waals surface area contributed by atoms with Crippen molar-refractivity contribution in [2.24, 2.45) is 5.41 Å². The lowest BCUT2D eigenvalue weighted by Crippen LogP contribution is -2.15. The summed E-state index contributed by atoms with van der Waals surface area (Å²) in [5, 5.41) is 8.55. The molecule has 0 atom stereocenters. The summed E-state index contributed by atoms with van der Waals surface area (Å²) in [5.74, 6) is 0. The van der Waals surface area contributed by atoms with Gasteiger partial charge in [-0.15, -0.1) is 5.10 Å². The lowest BCUT2D eigenvalue weighted by molar-refractivity contribution is 0.321. The molecule has 0 saturated carbocycles. The Hall–Kier alpha value is -1.64. The summed E-state index contributed by atoms with van der Waals surface area (Å²) in [5.41, 5.74) is 6.23. The molecule has 19 heavy (non-hydrogen) atoms. The van der Waals surface area contributed by atoms with E-state index in [-0.39, 0.29) is 5.41 Å². The van der Waals surface area contributed by atoms with Gasteiger partial charge in [0.1, 0.15) is 5.69 Å². The van der Waals surface area contributed by atoms with E-state index in [0.29, 0.717) is 0 Å². The van der Waals surface area contributed by atoms with Crippen LogP contribution in [0.25, 0.3) is 11.3 Å². The zero-order valence-corrected chi connectivity index (χ0v) is 12.8. The highest BCUT2D eigenvalue weighted by Gasteiger charge is 2.14. The smallest absolute Gasteiger partial charge is 0.113 e. The number of nitrogens with zero attached hydrogens (tertiary/aromatic N) is 3. The molecule has 0 amide bonds. The van der Waals surface area contributed by atoms with Gasteiger partial charge in [-0.3, -0.25) is 4.68 Å². The van der Waals surface area contributed by atoms with Gasteiger partial charge in [0.25, 0.3) is 0 Å². The fourth-order valence-electron chi connectivity index (χ4n) is 2.22. The monoisotopic (exact) mass is 257 g/mol. The van der Waals surface area contributed by atoms with E-state index in [4.69, 9.17) is 0 Å². The van der Waals surface area contributed by atoms with Crippen molar-refractivity contribution in [3.8, 4) is 11.3 Å². The van der Waals surface area contributed by atoms with Crippen molar-refractivity contribution in [1.82, 2.24) is 15.0 Å². The molecule has 0 fully saturated rings. The lowest BCUT2D eigenvalue weighted by Gasteiger charge is -2.16. The van der Waals surface area contributed by atoms with Crippen molar-refractivity contribution < 1.29 is 0 Å². The van der Waals surface area contributed by atoms with Gasteiger partial charge in [-0.2, -0.15) is 0 Å². The van der Waals surface area contributed by atoms with Crippen molar-refractivity contribution >= 4 is 0 Å². The lowest BCUT2D eigenvalue weighted by atomic mass is 9.97. The molecule has 0 aliphatic carbocycles. The van der Waals surface area contributed by atoms with E-state index in [9.17, 15) is 0 Å². The Balaban J connectivity index is 2.36. The van der Waals surface area contributed by atoms with E-state index < -0.39 is 0 Å². The predicted molar refractivity (Wildman–Crippen MR) is 79.1 cm³/mol. The molecule has 102 valence electrons. The van der Waals surface area contributed by atoms with Gasteiger partial charge in [0.05, 0.1) is 6.20 Å².